The largest absolute Gasteiger partial charge is 0.486 e. The molecule has 31 heavy (non-hydrogen) atoms. The van der Waals surface area contributed by atoms with Crippen molar-refractivity contribution in [2.45, 2.75) is 20.0 Å². The molecule has 2 N–H and O–H groups in total. The van der Waals surface area contributed by atoms with E-state index in [0.717, 1.165) is 26.4 Å². The van der Waals surface area contributed by atoms with Crippen LogP contribution >= 0.6 is 22.9 Å². The quantitative estimate of drug-likeness (QED) is 0.364. The van der Waals surface area contributed by atoms with Crippen molar-refractivity contribution in [1.82, 2.24) is 4.98 Å². The molecule has 1 amide bonds. The first kappa shape index (κ1) is 21.1. The predicted octanol–water partition coefficient (Wildman–Crippen LogP) is 6.66. The van der Waals surface area contributed by atoms with E-state index in [1.165, 1.54) is 17.4 Å². The van der Waals surface area contributed by atoms with E-state index in [0.29, 0.717) is 22.1 Å². The van der Waals surface area contributed by atoms with Crippen LogP contribution in [0.2, 0.25) is 5.02 Å². The fraction of sp³-hybridized carbons (Fsp3) is 0.130. The van der Waals surface area contributed by atoms with Gasteiger partial charge in [0.25, 0.3) is 0 Å². The number of carbonyl (C=O) groups excluding carboxylic acids is 1. The average Bonchev–Trinajstić information content (AvgIpc) is 3.14. The topological polar surface area (TPSA) is 74.4 Å². The summed E-state index contributed by atoms with van der Waals surface area (Å²) in [6, 6.07) is 15.5. The van der Waals surface area contributed by atoms with Crippen LogP contribution in [-0.2, 0) is 0 Å². The van der Waals surface area contributed by atoms with Crippen molar-refractivity contribution >= 4 is 39.2 Å². The molecule has 1 aromatic heterocycles. The van der Waals surface area contributed by atoms with Crippen LogP contribution in [0, 0.1) is 12.7 Å². The number of carbonyl (C=O) groups is 1. The lowest BCUT2D eigenvalue weighted by molar-refractivity contribution is 0.211. The van der Waals surface area contributed by atoms with Crippen LogP contribution in [0.1, 0.15) is 24.2 Å². The van der Waals surface area contributed by atoms with Crippen molar-refractivity contribution < 1.29 is 18.7 Å². The molecule has 3 aromatic carbocycles. The molecule has 0 fully saturated rings. The molecule has 0 aliphatic carbocycles. The summed E-state index contributed by atoms with van der Waals surface area (Å²) in [4.78, 5) is 15.5. The molecule has 0 radical (unpaired) electrons. The monoisotopic (exact) mass is 456 g/mol. The SMILES string of the molecule is Cc1ccc(F)c(C(C)Oc2ccc3nc(-c4ccc(OC(N)=O)cc4)sc3c2)c1Cl. The van der Waals surface area contributed by atoms with Gasteiger partial charge < -0.3 is 15.2 Å². The molecule has 1 atom stereocenters. The molecular weight excluding hydrogens is 439 g/mol. The minimum Gasteiger partial charge on any atom is -0.486 e. The number of nitrogens with two attached hydrogens (primary N) is 1. The number of aryl methyl sites for hydroxylation is 1. The van der Waals surface area contributed by atoms with Crippen LogP contribution in [0.15, 0.2) is 54.6 Å². The van der Waals surface area contributed by atoms with Gasteiger partial charge >= 0.3 is 6.09 Å². The third kappa shape index (κ3) is 4.47. The molecule has 1 unspecified atom stereocenters. The zero-order chi connectivity index (χ0) is 22.1. The number of amides is 1. The number of ether oxygens (including phenoxy) is 2. The summed E-state index contributed by atoms with van der Waals surface area (Å²) in [6.07, 6.45) is -1.42. The molecule has 0 aliphatic rings. The second kappa shape index (κ2) is 8.53. The fourth-order valence-corrected chi connectivity index (χ4v) is 4.50. The third-order valence-electron chi connectivity index (χ3n) is 4.72. The lowest BCUT2D eigenvalue weighted by Gasteiger charge is -2.18. The maximum Gasteiger partial charge on any atom is 0.409 e. The number of hydrogen-bond acceptors (Lipinski definition) is 5. The molecule has 8 heteroatoms. The summed E-state index contributed by atoms with van der Waals surface area (Å²) in [5.41, 5.74) is 7.85. The Hall–Kier alpha value is -3.16. The number of rotatable bonds is 5. The van der Waals surface area contributed by atoms with Crippen molar-refractivity contribution in [2.24, 2.45) is 5.73 Å². The molecular formula is C23H18ClFN2O3S. The van der Waals surface area contributed by atoms with E-state index >= 15 is 0 Å². The van der Waals surface area contributed by atoms with E-state index in [1.807, 2.05) is 19.1 Å². The summed E-state index contributed by atoms with van der Waals surface area (Å²) in [7, 11) is 0. The molecule has 0 aliphatic heterocycles. The third-order valence-corrected chi connectivity index (χ3v) is 6.29. The maximum atomic E-state index is 14.3. The van der Waals surface area contributed by atoms with Gasteiger partial charge in [0.15, 0.2) is 0 Å². The van der Waals surface area contributed by atoms with E-state index in [2.05, 4.69) is 4.98 Å². The summed E-state index contributed by atoms with van der Waals surface area (Å²) < 4.78 is 26.1. The van der Waals surface area contributed by atoms with Gasteiger partial charge in [-0.1, -0.05) is 17.7 Å². The van der Waals surface area contributed by atoms with Gasteiger partial charge in [0, 0.05) is 11.1 Å². The molecule has 4 rings (SSSR count). The van der Waals surface area contributed by atoms with E-state index in [1.54, 1.807) is 43.3 Å². The molecule has 158 valence electrons. The van der Waals surface area contributed by atoms with Gasteiger partial charge in [-0.3, -0.25) is 0 Å². The van der Waals surface area contributed by atoms with Gasteiger partial charge in [-0.05, 0) is 67.9 Å². The Morgan fingerprint density at radius 2 is 1.84 bits per heavy atom. The highest BCUT2D eigenvalue weighted by Gasteiger charge is 2.19. The second-order valence-electron chi connectivity index (χ2n) is 6.95. The van der Waals surface area contributed by atoms with Crippen LogP contribution in [0.25, 0.3) is 20.8 Å². The summed E-state index contributed by atoms with van der Waals surface area (Å²) in [5, 5.41) is 1.18. The molecule has 4 aromatic rings. The van der Waals surface area contributed by atoms with E-state index < -0.39 is 18.0 Å². The highest BCUT2D eigenvalue weighted by Crippen LogP contribution is 2.36. The van der Waals surface area contributed by atoms with E-state index in [9.17, 15) is 9.18 Å². The number of nitrogens with zero attached hydrogens (tertiary/aromatic N) is 1. The molecule has 0 saturated heterocycles. The van der Waals surface area contributed by atoms with Crippen molar-refractivity contribution in [3.05, 3.63) is 76.6 Å². The minimum atomic E-state index is -0.860. The number of benzene rings is 3. The first-order valence-electron chi connectivity index (χ1n) is 9.41. The van der Waals surface area contributed by atoms with Crippen LogP contribution < -0.4 is 15.2 Å². The predicted molar refractivity (Wildman–Crippen MR) is 120 cm³/mol. The van der Waals surface area contributed by atoms with Crippen LogP contribution in [0.5, 0.6) is 11.5 Å². The van der Waals surface area contributed by atoms with Gasteiger partial charge in [0.05, 0.1) is 15.2 Å². The number of aromatic nitrogens is 1. The molecule has 0 spiro atoms. The number of thiazole rings is 1. The van der Waals surface area contributed by atoms with Crippen LogP contribution in [-0.4, -0.2) is 11.1 Å². The molecule has 0 bridgehead atoms. The van der Waals surface area contributed by atoms with Crippen LogP contribution in [0.3, 0.4) is 0 Å². The summed E-state index contributed by atoms with van der Waals surface area (Å²) in [6.45, 7) is 3.59. The smallest absolute Gasteiger partial charge is 0.409 e. The zero-order valence-electron chi connectivity index (χ0n) is 16.7. The highest BCUT2D eigenvalue weighted by molar-refractivity contribution is 7.21. The summed E-state index contributed by atoms with van der Waals surface area (Å²) >= 11 is 7.79. The zero-order valence-corrected chi connectivity index (χ0v) is 18.3. The minimum absolute atomic E-state index is 0.338. The fourth-order valence-electron chi connectivity index (χ4n) is 3.20. The van der Waals surface area contributed by atoms with E-state index in [-0.39, 0.29) is 0 Å². The normalized spacial score (nSPS) is 12.0. The number of fused-ring (bicyclic) bond motifs is 1. The standard InChI is InChI=1S/C23H18ClFN2O3S/c1-12-3-9-17(25)20(21(12)24)13(2)29-16-8-10-18-19(11-16)31-22(27-18)14-4-6-15(7-5-14)30-23(26)28/h3-11,13H,1-2H3,(H2,26,28). The van der Waals surface area contributed by atoms with Crippen molar-refractivity contribution in [2.75, 3.05) is 0 Å². The van der Waals surface area contributed by atoms with E-state index in [4.69, 9.17) is 26.8 Å². The number of halogens is 2. The first-order chi connectivity index (χ1) is 14.8. The highest BCUT2D eigenvalue weighted by atomic mass is 35.5. The van der Waals surface area contributed by atoms with Gasteiger partial charge in [0.1, 0.15) is 28.4 Å². The second-order valence-corrected chi connectivity index (χ2v) is 8.35. The average molecular weight is 457 g/mol. The van der Waals surface area contributed by atoms with Gasteiger partial charge in [-0.15, -0.1) is 11.3 Å². The molecule has 5 nitrogen and oxygen atoms in total. The van der Waals surface area contributed by atoms with Crippen LogP contribution in [0.4, 0.5) is 9.18 Å². The molecule has 1 heterocycles. The lowest BCUT2D eigenvalue weighted by Crippen LogP contribution is -2.16. The lowest BCUT2D eigenvalue weighted by atomic mass is 10.1. The number of hydrogen-bond donors (Lipinski definition) is 1. The van der Waals surface area contributed by atoms with Crippen molar-refractivity contribution in [3.63, 3.8) is 0 Å². The maximum absolute atomic E-state index is 14.3. The van der Waals surface area contributed by atoms with Crippen molar-refractivity contribution in [1.29, 1.82) is 0 Å². The Morgan fingerprint density at radius 1 is 1.13 bits per heavy atom. The first-order valence-corrected chi connectivity index (χ1v) is 10.6. The Labute approximate surface area is 187 Å². The van der Waals surface area contributed by atoms with Gasteiger partial charge in [-0.25, -0.2) is 14.2 Å². The Balaban J connectivity index is 1.58. The Kier molecular flexibility index (Phi) is 5.80. The Morgan fingerprint density at radius 3 is 2.55 bits per heavy atom. The number of primary amides is 1. The molecule has 0 saturated carbocycles. The Bertz CT molecular complexity index is 1270. The summed E-state index contributed by atoms with van der Waals surface area (Å²) in [5.74, 6) is 0.564. The van der Waals surface area contributed by atoms with Gasteiger partial charge in [-0.2, -0.15) is 0 Å². The van der Waals surface area contributed by atoms with Gasteiger partial charge in [0.2, 0.25) is 0 Å². The van der Waals surface area contributed by atoms with Crippen molar-refractivity contribution in [3.8, 4) is 22.1 Å².